The Morgan fingerprint density at radius 1 is 1.41 bits per heavy atom. The number of methoxy groups -OCH3 is 1. The molecule has 1 heterocycles. The quantitative estimate of drug-likeness (QED) is 0.858. The minimum Gasteiger partial charge on any atom is -0.383 e. The topological polar surface area (TPSA) is 74.2 Å². The van der Waals surface area contributed by atoms with Crippen LogP contribution in [-0.4, -0.2) is 23.9 Å². The molecular weight excluding hydrogens is 333 g/mol. The Labute approximate surface area is 112 Å². The molecule has 0 fully saturated rings. The minimum absolute atomic E-state index is 0.360. The van der Waals surface area contributed by atoms with Gasteiger partial charge in [-0.15, -0.1) is 0 Å². The third-order valence-electron chi connectivity index (χ3n) is 2.21. The first kappa shape index (κ1) is 12.5. The Kier molecular flexibility index (Phi) is 4.08. The summed E-state index contributed by atoms with van der Waals surface area (Å²) in [6.07, 6.45) is 0. The number of rotatable bonds is 4. The Hall–Kier alpha value is -0.990. The molecule has 17 heavy (non-hydrogen) atoms. The van der Waals surface area contributed by atoms with Gasteiger partial charge in [0.1, 0.15) is 0 Å². The highest BCUT2D eigenvalue weighted by atomic mass is 127. The lowest BCUT2D eigenvalue weighted by Gasteiger charge is -2.03. The highest BCUT2D eigenvalue weighted by molar-refractivity contribution is 14.1. The van der Waals surface area contributed by atoms with Gasteiger partial charge in [0, 0.05) is 16.2 Å². The molecule has 2 N–H and O–H groups in total. The zero-order valence-electron chi connectivity index (χ0n) is 9.26. The molecular formula is C11H12IN3O2. The Morgan fingerprint density at radius 2 is 2.12 bits per heavy atom. The van der Waals surface area contributed by atoms with E-state index in [1.54, 1.807) is 7.11 Å². The monoisotopic (exact) mass is 345 g/mol. The summed E-state index contributed by atoms with van der Waals surface area (Å²) in [6.45, 7) is 0.367. The SMILES string of the molecule is COCC(N)c1noc(-c2ccc(I)cc2)n1. The van der Waals surface area contributed by atoms with Gasteiger partial charge in [-0.1, -0.05) is 5.16 Å². The zero-order chi connectivity index (χ0) is 12.3. The van der Waals surface area contributed by atoms with Crippen LogP contribution in [0.2, 0.25) is 0 Å². The highest BCUT2D eigenvalue weighted by Crippen LogP contribution is 2.19. The molecule has 1 aromatic heterocycles. The molecule has 90 valence electrons. The van der Waals surface area contributed by atoms with Crippen molar-refractivity contribution in [1.82, 2.24) is 10.1 Å². The molecule has 2 aromatic rings. The summed E-state index contributed by atoms with van der Waals surface area (Å²) >= 11 is 2.24. The second-order valence-corrected chi connectivity index (χ2v) is 4.77. The standard InChI is InChI=1S/C11H12IN3O2/c1-16-6-9(13)10-14-11(17-15-10)7-2-4-8(12)5-3-7/h2-5,9H,6,13H2,1H3. The van der Waals surface area contributed by atoms with E-state index in [4.69, 9.17) is 15.0 Å². The van der Waals surface area contributed by atoms with E-state index in [1.165, 1.54) is 0 Å². The average molecular weight is 345 g/mol. The second kappa shape index (κ2) is 5.56. The Balaban J connectivity index is 2.20. The molecule has 0 amide bonds. The van der Waals surface area contributed by atoms with Gasteiger partial charge >= 0.3 is 0 Å². The first-order chi connectivity index (χ1) is 8.20. The van der Waals surface area contributed by atoms with Gasteiger partial charge in [-0.2, -0.15) is 4.98 Å². The van der Waals surface area contributed by atoms with Crippen molar-refractivity contribution in [2.24, 2.45) is 5.73 Å². The highest BCUT2D eigenvalue weighted by Gasteiger charge is 2.14. The van der Waals surface area contributed by atoms with E-state index < -0.39 is 0 Å². The normalized spacial score (nSPS) is 12.6. The fraction of sp³-hybridized carbons (Fsp3) is 0.273. The van der Waals surface area contributed by atoms with E-state index in [0.717, 1.165) is 9.13 Å². The van der Waals surface area contributed by atoms with Crippen LogP contribution >= 0.6 is 22.6 Å². The van der Waals surface area contributed by atoms with Crippen molar-refractivity contribution in [3.63, 3.8) is 0 Å². The van der Waals surface area contributed by atoms with Crippen LogP contribution in [0.1, 0.15) is 11.9 Å². The molecule has 2 rings (SSSR count). The smallest absolute Gasteiger partial charge is 0.257 e. The first-order valence-corrected chi connectivity index (χ1v) is 6.12. The summed E-state index contributed by atoms with van der Waals surface area (Å²) < 4.78 is 11.3. The van der Waals surface area contributed by atoms with Gasteiger partial charge < -0.3 is 15.0 Å². The number of halogens is 1. The fourth-order valence-corrected chi connectivity index (χ4v) is 1.71. The van der Waals surface area contributed by atoms with Gasteiger partial charge in [0.15, 0.2) is 5.82 Å². The number of hydrogen-bond acceptors (Lipinski definition) is 5. The van der Waals surface area contributed by atoms with Gasteiger partial charge in [-0.3, -0.25) is 0 Å². The first-order valence-electron chi connectivity index (χ1n) is 5.05. The van der Waals surface area contributed by atoms with E-state index in [0.29, 0.717) is 18.3 Å². The summed E-state index contributed by atoms with van der Waals surface area (Å²) in [7, 11) is 1.58. The maximum Gasteiger partial charge on any atom is 0.257 e. The van der Waals surface area contributed by atoms with E-state index in [9.17, 15) is 0 Å². The van der Waals surface area contributed by atoms with E-state index in [1.807, 2.05) is 24.3 Å². The third kappa shape index (κ3) is 3.02. The van der Waals surface area contributed by atoms with Crippen LogP contribution in [0.4, 0.5) is 0 Å². The molecule has 0 radical (unpaired) electrons. The largest absolute Gasteiger partial charge is 0.383 e. The molecule has 0 spiro atoms. The molecule has 5 nitrogen and oxygen atoms in total. The summed E-state index contributed by atoms with van der Waals surface area (Å²) in [4.78, 5) is 4.24. The molecule has 1 atom stereocenters. The summed E-state index contributed by atoms with van der Waals surface area (Å²) in [5.74, 6) is 0.934. The van der Waals surface area contributed by atoms with Crippen molar-refractivity contribution in [3.8, 4) is 11.5 Å². The maximum atomic E-state index is 5.81. The summed E-state index contributed by atoms with van der Waals surface area (Å²) in [6, 6.07) is 7.47. The number of nitrogens with two attached hydrogens (primary N) is 1. The van der Waals surface area contributed by atoms with Crippen LogP contribution in [0.25, 0.3) is 11.5 Å². The van der Waals surface area contributed by atoms with Gasteiger partial charge in [0.2, 0.25) is 0 Å². The molecule has 0 saturated heterocycles. The van der Waals surface area contributed by atoms with Crippen molar-refractivity contribution in [3.05, 3.63) is 33.7 Å². The van der Waals surface area contributed by atoms with Gasteiger partial charge in [-0.05, 0) is 46.9 Å². The van der Waals surface area contributed by atoms with Gasteiger partial charge in [-0.25, -0.2) is 0 Å². The van der Waals surface area contributed by atoms with Crippen molar-refractivity contribution in [2.45, 2.75) is 6.04 Å². The predicted octanol–water partition coefficient (Wildman–Crippen LogP) is 1.99. The average Bonchev–Trinajstić information content (AvgIpc) is 2.80. The molecule has 0 aliphatic heterocycles. The van der Waals surface area contributed by atoms with Gasteiger partial charge in [0.05, 0.1) is 12.6 Å². The van der Waals surface area contributed by atoms with Crippen LogP contribution in [0.3, 0.4) is 0 Å². The molecule has 0 bridgehead atoms. The van der Waals surface area contributed by atoms with Crippen LogP contribution < -0.4 is 5.73 Å². The van der Waals surface area contributed by atoms with Crippen LogP contribution in [0.5, 0.6) is 0 Å². The Morgan fingerprint density at radius 3 is 2.76 bits per heavy atom. The summed E-state index contributed by atoms with van der Waals surface area (Å²) in [5.41, 5.74) is 6.69. The minimum atomic E-state index is -0.360. The molecule has 6 heteroatoms. The fourth-order valence-electron chi connectivity index (χ4n) is 1.35. The number of ether oxygens (including phenoxy) is 1. The third-order valence-corrected chi connectivity index (χ3v) is 2.93. The molecule has 1 unspecified atom stereocenters. The number of aromatic nitrogens is 2. The van der Waals surface area contributed by atoms with Crippen molar-refractivity contribution in [2.75, 3.05) is 13.7 Å². The van der Waals surface area contributed by atoms with Crippen molar-refractivity contribution >= 4 is 22.6 Å². The molecule has 0 aliphatic rings. The Bertz CT molecular complexity index is 484. The van der Waals surface area contributed by atoms with Crippen LogP contribution in [0, 0.1) is 3.57 Å². The summed E-state index contributed by atoms with van der Waals surface area (Å²) in [5, 5.41) is 3.84. The number of hydrogen-bond donors (Lipinski definition) is 1. The van der Waals surface area contributed by atoms with E-state index >= 15 is 0 Å². The lowest BCUT2D eigenvalue weighted by molar-refractivity contribution is 0.177. The molecule has 0 aliphatic carbocycles. The molecule has 1 aromatic carbocycles. The maximum absolute atomic E-state index is 5.81. The van der Waals surface area contributed by atoms with E-state index in [-0.39, 0.29) is 6.04 Å². The lowest BCUT2D eigenvalue weighted by atomic mass is 10.2. The zero-order valence-corrected chi connectivity index (χ0v) is 11.4. The second-order valence-electron chi connectivity index (χ2n) is 3.53. The lowest BCUT2D eigenvalue weighted by Crippen LogP contribution is -2.17. The van der Waals surface area contributed by atoms with Crippen LogP contribution in [-0.2, 0) is 4.74 Å². The van der Waals surface area contributed by atoms with Crippen molar-refractivity contribution < 1.29 is 9.26 Å². The van der Waals surface area contributed by atoms with Crippen molar-refractivity contribution in [1.29, 1.82) is 0 Å². The van der Waals surface area contributed by atoms with E-state index in [2.05, 4.69) is 32.7 Å². The predicted molar refractivity (Wildman–Crippen MR) is 71.3 cm³/mol. The van der Waals surface area contributed by atoms with Gasteiger partial charge in [0.25, 0.3) is 5.89 Å². The van der Waals surface area contributed by atoms with Crippen LogP contribution in [0.15, 0.2) is 28.8 Å². The number of benzene rings is 1. The number of nitrogens with zero attached hydrogens (tertiary/aromatic N) is 2. The molecule has 0 saturated carbocycles.